The molecule has 0 saturated carbocycles. The van der Waals surface area contributed by atoms with Crippen molar-refractivity contribution in [2.75, 3.05) is 31.0 Å². The van der Waals surface area contributed by atoms with Crippen LogP contribution in [-0.4, -0.2) is 57.9 Å². The molecule has 3 aromatic carbocycles. The maximum absolute atomic E-state index is 13.8. The van der Waals surface area contributed by atoms with E-state index in [2.05, 4.69) is 5.32 Å². The normalized spacial score (nSPS) is 12.0. The second kappa shape index (κ2) is 13.8. The molecule has 3 rings (SSSR count). The maximum atomic E-state index is 13.8. The summed E-state index contributed by atoms with van der Waals surface area (Å²) in [6.07, 6.45) is 0.516. The Hall–Kier alpha value is -3.85. The predicted molar refractivity (Wildman–Crippen MR) is 153 cm³/mol. The molecule has 0 aromatic heterocycles. The van der Waals surface area contributed by atoms with Gasteiger partial charge in [0.15, 0.2) is 0 Å². The van der Waals surface area contributed by atoms with Crippen molar-refractivity contribution in [1.82, 2.24) is 10.2 Å². The molecule has 0 radical (unpaired) electrons. The van der Waals surface area contributed by atoms with Crippen molar-refractivity contribution in [2.45, 2.75) is 38.1 Å². The highest BCUT2D eigenvalue weighted by Gasteiger charge is 2.32. The molecule has 39 heavy (non-hydrogen) atoms. The molecule has 1 unspecified atom stereocenters. The second-order valence-electron chi connectivity index (χ2n) is 9.66. The summed E-state index contributed by atoms with van der Waals surface area (Å²) in [6.45, 7) is 5.90. The Balaban J connectivity index is 1.95. The average Bonchev–Trinajstić information content (AvgIpc) is 2.95. The molecule has 2 amide bonds. The molecule has 1 N–H and O–H groups in total. The monoisotopic (exact) mass is 551 g/mol. The largest absolute Gasteiger partial charge is 0.497 e. The molecule has 0 aliphatic heterocycles. The van der Waals surface area contributed by atoms with Crippen molar-refractivity contribution in [1.29, 1.82) is 0 Å². The molecule has 0 aliphatic rings. The van der Waals surface area contributed by atoms with Crippen LogP contribution >= 0.6 is 0 Å². The minimum absolute atomic E-state index is 0.0622. The van der Waals surface area contributed by atoms with E-state index in [9.17, 15) is 18.0 Å². The summed E-state index contributed by atoms with van der Waals surface area (Å²) in [5, 5.41) is 2.89. The van der Waals surface area contributed by atoms with Gasteiger partial charge in [-0.15, -0.1) is 0 Å². The first kappa shape index (κ1) is 29.7. The lowest BCUT2D eigenvalue weighted by molar-refractivity contribution is -0.138. The summed E-state index contributed by atoms with van der Waals surface area (Å²) in [4.78, 5) is 28.4. The third kappa shape index (κ3) is 8.07. The molecular formula is C30H37N3O5S. The van der Waals surface area contributed by atoms with Crippen LogP contribution in [0.4, 0.5) is 5.69 Å². The van der Waals surface area contributed by atoms with Gasteiger partial charge < -0.3 is 15.0 Å². The van der Waals surface area contributed by atoms with Crippen molar-refractivity contribution in [3.63, 3.8) is 0 Å². The van der Waals surface area contributed by atoms with Crippen LogP contribution in [-0.2, 0) is 26.0 Å². The Morgan fingerprint density at radius 2 is 1.46 bits per heavy atom. The molecule has 0 bridgehead atoms. The van der Waals surface area contributed by atoms with Gasteiger partial charge in [0.1, 0.15) is 18.3 Å². The number of ether oxygens (including phenoxy) is 1. The molecule has 0 heterocycles. The van der Waals surface area contributed by atoms with Crippen LogP contribution in [0, 0.1) is 5.92 Å². The van der Waals surface area contributed by atoms with Crippen LogP contribution in [0.1, 0.15) is 26.3 Å². The lowest BCUT2D eigenvalue weighted by Gasteiger charge is -2.32. The number of sulfonamides is 1. The zero-order valence-electron chi connectivity index (χ0n) is 22.9. The number of nitrogens with zero attached hydrogens (tertiary/aromatic N) is 2. The quantitative estimate of drug-likeness (QED) is 0.345. The predicted octanol–water partition coefficient (Wildman–Crippen LogP) is 4.12. The van der Waals surface area contributed by atoms with Crippen LogP contribution in [0.15, 0.2) is 89.8 Å². The van der Waals surface area contributed by atoms with E-state index in [-0.39, 0.29) is 23.3 Å². The lowest BCUT2D eigenvalue weighted by atomic mass is 10.1. The Morgan fingerprint density at radius 3 is 2.03 bits per heavy atom. The van der Waals surface area contributed by atoms with E-state index in [1.165, 1.54) is 24.1 Å². The number of anilines is 1. The highest BCUT2D eigenvalue weighted by Crippen LogP contribution is 2.26. The summed E-state index contributed by atoms with van der Waals surface area (Å²) >= 11 is 0. The van der Waals surface area contributed by atoms with Gasteiger partial charge in [0.05, 0.1) is 17.7 Å². The van der Waals surface area contributed by atoms with E-state index in [1.54, 1.807) is 49.4 Å². The van der Waals surface area contributed by atoms with Gasteiger partial charge in [0.2, 0.25) is 11.8 Å². The zero-order valence-corrected chi connectivity index (χ0v) is 23.7. The topological polar surface area (TPSA) is 96.0 Å². The molecular weight excluding hydrogens is 514 g/mol. The molecule has 0 fully saturated rings. The van der Waals surface area contributed by atoms with Gasteiger partial charge in [-0.05, 0) is 61.2 Å². The van der Waals surface area contributed by atoms with E-state index >= 15 is 0 Å². The summed E-state index contributed by atoms with van der Waals surface area (Å²) < 4.78 is 33.8. The first-order valence-corrected chi connectivity index (χ1v) is 14.4. The average molecular weight is 552 g/mol. The summed E-state index contributed by atoms with van der Waals surface area (Å²) in [5.74, 6) is 0.0405. The van der Waals surface area contributed by atoms with Gasteiger partial charge in [-0.1, -0.05) is 62.4 Å². The van der Waals surface area contributed by atoms with Crippen LogP contribution in [0.5, 0.6) is 5.75 Å². The number of amides is 2. The van der Waals surface area contributed by atoms with Gasteiger partial charge in [0, 0.05) is 13.1 Å². The molecule has 9 heteroatoms. The Labute approximate surface area is 231 Å². The van der Waals surface area contributed by atoms with E-state index in [1.807, 2.05) is 44.2 Å². The van der Waals surface area contributed by atoms with Crippen LogP contribution in [0.3, 0.4) is 0 Å². The SMILES string of the molecule is COc1ccc(N(CC(=O)N(CCc2ccccc2)C(C)C(=O)NCC(C)C)S(=O)(=O)c2ccccc2)cc1. The smallest absolute Gasteiger partial charge is 0.264 e. The number of benzene rings is 3. The van der Waals surface area contributed by atoms with Gasteiger partial charge in [-0.25, -0.2) is 8.42 Å². The number of carbonyl (C=O) groups is 2. The fraction of sp³-hybridized carbons (Fsp3) is 0.333. The summed E-state index contributed by atoms with van der Waals surface area (Å²) in [5.41, 5.74) is 1.32. The van der Waals surface area contributed by atoms with Crippen molar-refractivity contribution < 1.29 is 22.7 Å². The number of rotatable bonds is 13. The molecule has 0 spiro atoms. The third-order valence-electron chi connectivity index (χ3n) is 6.31. The minimum Gasteiger partial charge on any atom is -0.497 e. The van der Waals surface area contributed by atoms with E-state index < -0.39 is 28.5 Å². The standard InChI is InChI=1S/C30H37N3O5S/c1-23(2)21-31-30(35)24(3)32(20-19-25-11-7-5-8-12-25)29(34)22-33(26-15-17-27(38-4)18-16-26)39(36,37)28-13-9-6-10-14-28/h5-18,23-24H,19-22H2,1-4H3,(H,31,35). The molecule has 8 nitrogen and oxygen atoms in total. The highest BCUT2D eigenvalue weighted by atomic mass is 32.2. The number of carbonyl (C=O) groups excluding carboxylic acids is 2. The highest BCUT2D eigenvalue weighted by molar-refractivity contribution is 7.92. The molecule has 1 atom stereocenters. The first-order valence-electron chi connectivity index (χ1n) is 13.0. The van der Waals surface area contributed by atoms with Crippen LogP contribution in [0.25, 0.3) is 0 Å². The summed E-state index contributed by atoms with van der Waals surface area (Å²) in [7, 11) is -2.57. The van der Waals surface area contributed by atoms with Gasteiger partial charge in [-0.2, -0.15) is 0 Å². The lowest BCUT2D eigenvalue weighted by Crippen LogP contribution is -2.52. The van der Waals surface area contributed by atoms with E-state index in [0.717, 1.165) is 9.87 Å². The Kier molecular flexibility index (Phi) is 10.5. The first-order chi connectivity index (χ1) is 18.6. The minimum atomic E-state index is -4.09. The fourth-order valence-corrected chi connectivity index (χ4v) is 5.45. The number of nitrogens with one attached hydrogen (secondary N) is 1. The molecule has 0 saturated heterocycles. The van der Waals surface area contributed by atoms with Gasteiger partial charge in [-0.3, -0.25) is 13.9 Å². The van der Waals surface area contributed by atoms with Gasteiger partial charge >= 0.3 is 0 Å². The van der Waals surface area contributed by atoms with Crippen molar-refractivity contribution in [2.24, 2.45) is 5.92 Å². The number of methoxy groups -OCH3 is 1. The van der Waals surface area contributed by atoms with Crippen molar-refractivity contribution >= 4 is 27.5 Å². The molecule has 0 aliphatic carbocycles. The van der Waals surface area contributed by atoms with Crippen molar-refractivity contribution in [3.8, 4) is 5.75 Å². The second-order valence-corrected chi connectivity index (χ2v) is 11.5. The Morgan fingerprint density at radius 1 is 0.872 bits per heavy atom. The Bertz CT molecular complexity index is 1310. The molecule has 3 aromatic rings. The zero-order chi connectivity index (χ0) is 28.4. The van der Waals surface area contributed by atoms with Gasteiger partial charge in [0.25, 0.3) is 10.0 Å². The van der Waals surface area contributed by atoms with Crippen LogP contribution in [0.2, 0.25) is 0 Å². The molecule has 208 valence electrons. The van der Waals surface area contributed by atoms with Crippen molar-refractivity contribution in [3.05, 3.63) is 90.5 Å². The summed E-state index contributed by atoms with van der Waals surface area (Å²) in [6, 6.07) is 23.3. The van der Waals surface area contributed by atoms with Crippen LogP contribution < -0.4 is 14.4 Å². The third-order valence-corrected chi connectivity index (χ3v) is 8.09. The van der Waals surface area contributed by atoms with E-state index in [4.69, 9.17) is 4.74 Å². The fourth-order valence-electron chi connectivity index (χ4n) is 4.02. The maximum Gasteiger partial charge on any atom is 0.264 e. The number of hydrogen-bond acceptors (Lipinski definition) is 5. The van der Waals surface area contributed by atoms with E-state index in [0.29, 0.717) is 24.4 Å². The number of hydrogen-bond donors (Lipinski definition) is 1.